The molecule has 0 amide bonds. The highest BCUT2D eigenvalue weighted by Crippen LogP contribution is 2.22. The van der Waals surface area contributed by atoms with Gasteiger partial charge in [0.2, 0.25) is 0 Å². The lowest BCUT2D eigenvalue weighted by molar-refractivity contribution is 0.440. The zero-order chi connectivity index (χ0) is 18.3. The quantitative estimate of drug-likeness (QED) is 0.798. The molecule has 142 valence electrons. The molecule has 0 radical (unpaired) electrons. The van der Waals surface area contributed by atoms with E-state index in [4.69, 9.17) is 4.98 Å². The van der Waals surface area contributed by atoms with Gasteiger partial charge in [-0.1, -0.05) is 24.3 Å². The molecule has 1 aliphatic carbocycles. The predicted octanol–water partition coefficient (Wildman–Crippen LogP) is 3.25. The molecule has 2 aliphatic rings. The Morgan fingerprint density at radius 1 is 0.926 bits per heavy atom. The summed E-state index contributed by atoms with van der Waals surface area (Å²) < 4.78 is 0. The van der Waals surface area contributed by atoms with Crippen molar-refractivity contribution in [3.8, 4) is 0 Å². The van der Waals surface area contributed by atoms with E-state index >= 15 is 0 Å². The van der Waals surface area contributed by atoms with Crippen LogP contribution in [0.25, 0.3) is 0 Å². The highest BCUT2D eigenvalue weighted by molar-refractivity contribution is 5.49. The van der Waals surface area contributed by atoms with Crippen molar-refractivity contribution in [3.05, 3.63) is 60.4 Å². The molecule has 1 fully saturated rings. The second-order valence-electron chi connectivity index (χ2n) is 7.43. The monoisotopic (exact) mass is 363 g/mol. The average molecular weight is 364 g/mol. The van der Waals surface area contributed by atoms with Crippen molar-refractivity contribution in [3.63, 3.8) is 0 Å². The van der Waals surface area contributed by atoms with Crippen LogP contribution < -0.4 is 15.1 Å². The molecule has 1 aliphatic heterocycles. The Bertz CT molecular complexity index is 737. The summed E-state index contributed by atoms with van der Waals surface area (Å²) in [7, 11) is 0. The van der Waals surface area contributed by atoms with E-state index in [0.717, 1.165) is 56.8 Å². The average Bonchev–Trinajstić information content (AvgIpc) is 2.76. The van der Waals surface area contributed by atoms with Crippen molar-refractivity contribution < 1.29 is 0 Å². The molecule has 1 N–H and O–H groups in total. The van der Waals surface area contributed by atoms with E-state index in [9.17, 15) is 0 Å². The van der Waals surface area contributed by atoms with Gasteiger partial charge in [0.05, 0.1) is 0 Å². The smallest absolute Gasteiger partial charge is 0.133 e. The zero-order valence-electron chi connectivity index (χ0n) is 15.9. The highest BCUT2D eigenvalue weighted by atomic mass is 15.3. The molecule has 5 nitrogen and oxygen atoms in total. The van der Waals surface area contributed by atoms with Crippen LogP contribution in [0.3, 0.4) is 0 Å². The van der Waals surface area contributed by atoms with Crippen LogP contribution in [0.4, 0.5) is 11.6 Å². The van der Waals surface area contributed by atoms with Crippen molar-refractivity contribution >= 4 is 11.6 Å². The lowest BCUT2D eigenvalue weighted by Gasteiger charge is -2.36. The summed E-state index contributed by atoms with van der Waals surface area (Å²) in [4.78, 5) is 14.0. The Kier molecular flexibility index (Phi) is 5.99. The van der Waals surface area contributed by atoms with Crippen LogP contribution in [-0.4, -0.2) is 42.7 Å². The number of rotatable bonds is 6. The molecule has 4 rings (SSSR count). The summed E-state index contributed by atoms with van der Waals surface area (Å²) in [6, 6.07) is 10.4. The second kappa shape index (κ2) is 9.00. The van der Waals surface area contributed by atoms with Crippen molar-refractivity contribution in [2.24, 2.45) is 5.92 Å². The largest absolute Gasteiger partial charge is 0.353 e. The Balaban J connectivity index is 1.33. The van der Waals surface area contributed by atoms with Gasteiger partial charge in [-0.25, -0.2) is 9.97 Å². The van der Waals surface area contributed by atoms with E-state index in [1.807, 2.05) is 24.5 Å². The van der Waals surface area contributed by atoms with E-state index in [-0.39, 0.29) is 0 Å². The summed E-state index contributed by atoms with van der Waals surface area (Å²) in [6.07, 6.45) is 12.2. The summed E-state index contributed by atoms with van der Waals surface area (Å²) in [5.74, 6) is 2.98. The molecule has 2 aromatic heterocycles. The summed E-state index contributed by atoms with van der Waals surface area (Å²) in [5, 5.41) is 3.66. The first kappa shape index (κ1) is 18.0. The lowest BCUT2D eigenvalue weighted by Crippen LogP contribution is -2.47. The van der Waals surface area contributed by atoms with Gasteiger partial charge in [-0.05, 0) is 49.9 Å². The summed E-state index contributed by atoms with van der Waals surface area (Å²) >= 11 is 0. The first-order valence-corrected chi connectivity index (χ1v) is 10.1. The number of allylic oxidation sites excluding steroid dienone is 2. The maximum Gasteiger partial charge on any atom is 0.133 e. The van der Waals surface area contributed by atoms with Gasteiger partial charge in [-0.2, -0.15) is 0 Å². The molecular weight excluding hydrogens is 334 g/mol. The minimum Gasteiger partial charge on any atom is -0.353 e. The van der Waals surface area contributed by atoms with Gasteiger partial charge in [0.15, 0.2) is 0 Å². The normalized spacial score (nSPS) is 20.1. The molecule has 0 bridgehead atoms. The Hall–Kier alpha value is -2.40. The molecule has 1 atom stereocenters. The number of nitrogens with zero attached hydrogens (tertiary/aromatic N) is 4. The van der Waals surface area contributed by atoms with Crippen molar-refractivity contribution in [2.45, 2.75) is 25.8 Å². The fourth-order valence-corrected chi connectivity index (χ4v) is 3.99. The molecule has 0 aromatic carbocycles. The SMILES string of the molecule is C1=CC[C@H](CNCc2cccnc2N2CCN(c3ccccn3)CC2)CC1. The molecular formula is C22H29N5. The van der Waals surface area contributed by atoms with E-state index in [1.165, 1.54) is 24.8 Å². The number of pyridine rings is 2. The molecule has 27 heavy (non-hydrogen) atoms. The third-order valence-corrected chi connectivity index (χ3v) is 5.55. The number of aromatic nitrogens is 2. The maximum absolute atomic E-state index is 4.71. The fraction of sp³-hybridized carbons (Fsp3) is 0.455. The van der Waals surface area contributed by atoms with Crippen LogP contribution in [-0.2, 0) is 6.54 Å². The van der Waals surface area contributed by atoms with Crippen LogP contribution in [0, 0.1) is 5.92 Å². The zero-order valence-corrected chi connectivity index (χ0v) is 15.9. The van der Waals surface area contributed by atoms with Gasteiger partial charge in [0, 0.05) is 50.7 Å². The van der Waals surface area contributed by atoms with Crippen molar-refractivity contribution in [1.29, 1.82) is 0 Å². The highest BCUT2D eigenvalue weighted by Gasteiger charge is 2.20. The third-order valence-electron chi connectivity index (χ3n) is 5.55. The minimum absolute atomic E-state index is 0.775. The topological polar surface area (TPSA) is 44.3 Å². The van der Waals surface area contributed by atoms with E-state index < -0.39 is 0 Å². The molecule has 0 saturated carbocycles. The van der Waals surface area contributed by atoms with Gasteiger partial charge in [-0.15, -0.1) is 0 Å². The molecule has 0 spiro atoms. The third kappa shape index (κ3) is 4.66. The molecule has 0 unspecified atom stereocenters. The van der Waals surface area contributed by atoms with E-state index in [1.54, 1.807) is 0 Å². The number of hydrogen-bond donors (Lipinski definition) is 1. The molecule has 2 aromatic rings. The Labute approximate surface area is 162 Å². The van der Waals surface area contributed by atoms with Crippen LogP contribution in [0.5, 0.6) is 0 Å². The van der Waals surface area contributed by atoms with Crippen molar-refractivity contribution in [2.75, 3.05) is 42.5 Å². The standard InChI is InChI=1S/C22H29N5/c1-2-7-19(8-3-1)17-23-18-20-9-6-12-25-22(20)27-15-13-26(14-16-27)21-10-4-5-11-24-21/h1-2,4-6,9-12,19,23H,3,7-8,13-18H2/t19-/m0/s1. The predicted molar refractivity (Wildman–Crippen MR) is 111 cm³/mol. The fourth-order valence-electron chi connectivity index (χ4n) is 3.99. The van der Waals surface area contributed by atoms with E-state index in [2.05, 4.69) is 50.5 Å². The summed E-state index contributed by atoms with van der Waals surface area (Å²) in [5.41, 5.74) is 1.30. The number of piperazine rings is 1. The number of hydrogen-bond acceptors (Lipinski definition) is 5. The van der Waals surface area contributed by atoms with E-state index in [0.29, 0.717) is 0 Å². The van der Waals surface area contributed by atoms with Gasteiger partial charge in [-0.3, -0.25) is 0 Å². The molecule has 5 heteroatoms. The van der Waals surface area contributed by atoms with Crippen molar-refractivity contribution in [1.82, 2.24) is 15.3 Å². The lowest BCUT2D eigenvalue weighted by atomic mass is 9.94. The first-order chi connectivity index (χ1) is 13.4. The van der Waals surface area contributed by atoms with Gasteiger partial charge < -0.3 is 15.1 Å². The van der Waals surface area contributed by atoms with Crippen LogP contribution >= 0.6 is 0 Å². The summed E-state index contributed by atoms with van der Waals surface area (Å²) in [6.45, 7) is 5.90. The van der Waals surface area contributed by atoms with Crippen LogP contribution in [0.15, 0.2) is 54.9 Å². The van der Waals surface area contributed by atoms with Gasteiger partial charge >= 0.3 is 0 Å². The maximum atomic E-state index is 4.71. The Morgan fingerprint density at radius 2 is 1.78 bits per heavy atom. The second-order valence-corrected chi connectivity index (χ2v) is 7.43. The van der Waals surface area contributed by atoms with Crippen LogP contribution in [0.2, 0.25) is 0 Å². The van der Waals surface area contributed by atoms with Gasteiger partial charge in [0.25, 0.3) is 0 Å². The first-order valence-electron chi connectivity index (χ1n) is 10.1. The molecule has 1 saturated heterocycles. The van der Waals surface area contributed by atoms with Crippen LogP contribution in [0.1, 0.15) is 24.8 Å². The Morgan fingerprint density at radius 3 is 2.56 bits per heavy atom. The number of anilines is 2. The molecule has 3 heterocycles. The van der Waals surface area contributed by atoms with Gasteiger partial charge in [0.1, 0.15) is 11.6 Å². The minimum atomic E-state index is 0.775. The number of nitrogens with one attached hydrogen (secondary N) is 1.